The summed E-state index contributed by atoms with van der Waals surface area (Å²) in [5.41, 5.74) is 4.98. The molecular formula is C18H23N3O2. The molecule has 1 saturated heterocycles. The number of aryl methyl sites for hydroxylation is 2. The van der Waals surface area contributed by atoms with Crippen LogP contribution in [0.5, 0.6) is 5.75 Å². The van der Waals surface area contributed by atoms with Gasteiger partial charge in [0, 0.05) is 37.6 Å². The van der Waals surface area contributed by atoms with Crippen LogP contribution in [0.2, 0.25) is 0 Å². The van der Waals surface area contributed by atoms with Gasteiger partial charge in [0.05, 0.1) is 31.2 Å². The van der Waals surface area contributed by atoms with E-state index in [4.69, 9.17) is 9.73 Å². The number of aromatic nitrogens is 1. The van der Waals surface area contributed by atoms with Gasteiger partial charge in [0.1, 0.15) is 5.75 Å². The summed E-state index contributed by atoms with van der Waals surface area (Å²) in [5, 5.41) is 10.9. The van der Waals surface area contributed by atoms with Crippen molar-refractivity contribution in [3.8, 4) is 5.75 Å². The summed E-state index contributed by atoms with van der Waals surface area (Å²) in [6.45, 7) is 5.57. The highest BCUT2D eigenvalue weighted by atomic mass is 16.5. The van der Waals surface area contributed by atoms with E-state index >= 15 is 0 Å². The first-order chi connectivity index (χ1) is 11.2. The van der Waals surface area contributed by atoms with Crippen LogP contribution in [0.25, 0.3) is 10.9 Å². The lowest BCUT2D eigenvalue weighted by atomic mass is 10.1. The zero-order valence-corrected chi connectivity index (χ0v) is 13.6. The van der Waals surface area contributed by atoms with E-state index in [9.17, 15) is 5.11 Å². The van der Waals surface area contributed by atoms with E-state index in [1.165, 1.54) is 27.9 Å². The van der Waals surface area contributed by atoms with Crippen molar-refractivity contribution in [2.45, 2.75) is 12.8 Å². The maximum Gasteiger partial charge on any atom is 0.116 e. The number of morpholine rings is 1. The Morgan fingerprint density at radius 3 is 2.87 bits per heavy atom. The Labute approximate surface area is 136 Å². The second-order valence-corrected chi connectivity index (χ2v) is 6.37. The highest BCUT2D eigenvalue weighted by Crippen LogP contribution is 2.34. The fourth-order valence-corrected chi connectivity index (χ4v) is 3.80. The summed E-state index contributed by atoms with van der Waals surface area (Å²) >= 11 is 0. The number of hydrogen-bond donors (Lipinski definition) is 1. The third-order valence-corrected chi connectivity index (χ3v) is 5.00. The molecule has 5 heteroatoms. The smallest absolute Gasteiger partial charge is 0.116 e. The van der Waals surface area contributed by atoms with E-state index in [-0.39, 0.29) is 0 Å². The molecule has 0 spiro atoms. The molecule has 2 heterocycles. The largest absolute Gasteiger partial charge is 0.508 e. The topological polar surface area (TPSA) is 50.0 Å². The number of fused-ring (bicyclic) bond motifs is 3. The van der Waals surface area contributed by atoms with Crippen LogP contribution in [0, 0.1) is 0 Å². The monoisotopic (exact) mass is 313 g/mol. The molecule has 4 rings (SSSR count). The van der Waals surface area contributed by atoms with E-state index in [0.717, 1.165) is 52.2 Å². The molecule has 1 N–H and O–H groups in total. The summed E-state index contributed by atoms with van der Waals surface area (Å²) < 4.78 is 7.61. The average Bonchev–Trinajstić information content (AvgIpc) is 3.09. The van der Waals surface area contributed by atoms with Crippen LogP contribution in [0.3, 0.4) is 0 Å². The van der Waals surface area contributed by atoms with Crippen LogP contribution < -0.4 is 0 Å². The van der Waals surface area contributed by atoms with Gasteiger partial charge in [-0.15, -0.1) is 0 Å². The van der Waals surface area contributed by atoms with Crippen molar-refractivity contribution < 1.29 is 9.84 Å². The van der Waals surface area contributed by atoms with Crippen LogP contribution in [-0.4, -0.2) is 59.7 Å². The Balaban J connectivity index is 1.57. The van der Waals surface area contributed by atoms with Crippen molar-refractivity contribution in [2.75, 3.05) is 39.4 Å². The number of phenols is 1. The Hall–Kier alpha value is -1.85. The minimum Gasteiger partial charge on any atom is -0.508 e. The number of phenolic OH excluding ortho intramolecular Hbond substituents is 1. The lowest BCUT2D eigenvalue weighted by Crippen LogP contribution is -2.37. The molecular weight excluding hydrogens is 290 g/mol. The Morgan fingerprint density at radius 2 is 2.04 bits per heavy atom. The van der Waals surface area contributed by atoms with Crippen molar-refractivity contribution in [1.29, 1.82) is 0 Å². The van der Waals surface area contributed by atoms with Crippen molar-refractivity contribution in [2.24, 2.45) is 12.0 Å². The van der Waals surface area contributed by atoms with Crippen LogP contribution >= 0.6 is 0 Å². The lowest BCUT2D eigenvalue weighted by molar-refractivity contribution is 0.0394. The maximum atomic E-state index is 9.77. The Kier molecular flexibility index (Phi) is 3.83. The minimum absolute atomic E-state index is 0.337. The van der Waals surface area contributed by atoms with Crippen LogP contribution in [0.4, 0.5) is 0 Å². The number of aromatic hydroxyl groups is 1. The Bertz CT molecular complexity index is 757. The number of ether oxygens (including phenoxy) is 1. The standard InChI is InChI=1S/C18H23N3O2/c1-20-17-5-2-13(22)12-15(17)14-3-4-16(18(14)20)19-6-7-21-8-10-23-11-9-21/h2,5,12,22H,3-4,6-11H2,1H3. The SMILES string of the molecule is Cn1c2c(c3cc(O)ccc31)CCC2=NCCN1CCOCC1. The normalized spacial score (nSPS) is 20.5. The molecule has 1 aromatic heterocycles. The van der Waals surface area contributed by atoms with Crippen molar-refractivity contribution in [1.82, 2.24) is 9.47 Å². The van der Waals surface area contributed by atoms with Crippen LogP contribution in [-0.2, 0) is 18.2 Å². The summed E-state index contributed by atoms with van der Waals surface area (Å²) in [6, 6.07) is 5.63. The van der Waals surface area contributed by atoms with Gasteiger partial charge < -0.3 is 14.4 Å². The van der Waals surface area contributed by atoms with Gasteiger partial charge in [-0.3, -0.25) is 9.89 Å². The molecule has 1 aliphatic carbocycles. The molecule has 0 unspecified atom stereocenters. The number of aliphatic imine (C=N–C) groups is 1. The molecule has 23 heavy (non-hydrogen) atoms. The number of hydrogen-bond acceptors (Lipinski definition) is 4. The Morgan fingerprint density at radius 1 is 1.22 bits per heavy atom. The van der Waals surface area contributed by atoms with E-state index in [2.05, 4.69) is 16.5 Å². The second kappa shape index (κ2) is 5.98. The zero-order valence-electron chi connectivity index (χ0n) is 13.6. The highest BCUT2D eigenvalue weighted by molar-refractivity contribution is 6.09. The quantitative estimate of drug-likeness (QED) is 0.942. The van der Waals surface area contributed by atoms with Crippen molar-refractivity contribution in [3.05, 3.63) is 29.5 Å². The van der Waals surface area contributed by atoms with E-state index in [0.29, 0.717) is 5.75 Å². The molecule has 1 fully saturated rings. The predicted molar refractivity (Wildman–Crippen MR) is 91.6 cm³/mol. The number of benzene rings is 1. The van der Waals surface area contributed by atoms with Gasteiger partial charge in [-0.25, -0.2) is 0 Å². The molecule has 0 radical (unpaired) electrons. The summed E-state index contributed by atoms with van der Waals surface area (Å²) in [4.78, 5) is 7.31. The highest BCUT2D eigenvalue weighted by Gasteiger charge is 2.25. The first-order valence-electron chi connectivity index (χ1n) is 8.38. The predicted octanol–water partition coefficient (Wildman–Crippen LogP) is 1.95. The second-order valence-electron chi connectivity index (χ2n) is 6.37. The minimum atomic E-state index is 0.337. The first kappa shape index (κ1) is 14.7. The summed E-state index contributed by atoms with van der Waals surface area (Å²) in [5.74, 6) is 0.337. The van der Waals surface area contributed by atoms with E-state index < -0.39 is 0 Å². The third kappa shape index (κ3) is 2.64. The van der Waals surface area contributed by atoms with Gasteiger partial charge in [-0.05, 0) is 36.6 Å². The first-order valence-corrected chi connectivity index (χ1v) is 8.38. The summed E-state index contributed by atoms with van der Waals surface area (Å²) in [6.07, 6.45) is 2.03. The molecule has 122 valence electrons. The molecule has 0 saturated carbocycles. The fraction of sp³-hybridized carbons (Fsp3) is 0.500. The van der Waals surface area contributed by atoms with Crippen molar-refractivity contribution >= 4 is 16.6 Å². The van der Waals surface area contributed by atoms with Gasteiger partial charge >= 0.3 is 0 Å². The molecule has 0 amide bonds. The van der Waals surface area contributed by atoms with E-state index in [1.807, 2.05) is 12.1 Å². The molecule has 5 nitrogen and oxygen atoms in total. The van der Waals surface area contributed by atoms with Gasteiger partial charge in [0.2, 0.25) is 0 Å². The molecule has 2 aliphatic rings. The number of nitrogens with zero attached hydrogens (tertiary/aromatic N) is 3. The zero-order chi connectivity index (χ0) is 15.8. The number of rotatable bonds is 3. The van der Waals surface area contributed by atoms with Crippen LogP contribution in [0.15, 0.2) is 23.2 Å². The molecule has 2 aromatic rings. The van der Waals surface area contributed by atoms with Gasteiger partial charge in [0.25, 0.3) is 0 Å². The van der Waals surface area contributed by atoms with Gasteiger partial charge in [0.15, 0.2) is 0 Å². The molecule has 0 bridgehead atoms. The molecule has 1 aliphatic heterocycles. The summed E-state index contributed by atoms with van der Waals surface area (Å²) in [7, 11) is 2.10. The third-order valence-electron chi connectivity index (χ3n) is 5.00. The van der Waals surface area contributed by atoms with E-state index in [1.54, 1.807) is 6.07 Å². The fourth-order valence-electron chi connectivity index (χ4n) is 3.80. The molecule has 0 atom stereocenters. The lowest BCUT2D eigenvalue weighted by Gasteiger charge is -2.25. The maximum absolute atomic E-state index is 9.77. The van der Waals surface area contributed by atoms with Gasteiger partial charge in [-0.2, -0.15) is 0 Å². The average molecular weight is 313 g/mol. The van der Waals surface area contributed by atoms with Gasteiger partial charge in [-0.1, -0.05) is 0 Å². The van der Waals surface area contributed by atoms with Crippen LogP contribution in [0.1, 0.15) is 17.7 Å². The molecule has 1 aromatic carbocycles. The van der Waals surface area contributed by atoms with Crippen molar-refractivity contribution in [3.63, 3.8) is 0 Å².